The van der Waals surface area contributed by atoms with Gasteiger partial charge in [0.05, 0.1) is 13.2 Å². The van der Waals surface area contributed by atoms with Crippen LogP contribution in [0.3, 0.4) is 0 Å². The first kappa shape index (κ1) is 10.5. The molecule has 0 radical (unpaired) electrons. The molecular formula is C11H13F2NO. The van der Waals surface area contributed by atoms with Crippen LogP contribution in [0, 0.1) is 11.6 Å². The minimum Gasteiger partial charge on any atom is -0.379 e. The summed E-state index contributed by atoms with van der Waals surface area (Å²) in [6.45, 7) is 3.60. The van der Waals surface area contributed by atoms with Crippen LogP contribution in [0.15, 0.2) is 18.2 Å². The SMILES string of the molecule is Fc1cc(F)cc(CN2CCOCC2)c1. The number of nitrogens with zero attached hydrogens (tertiary/aromatic N) is 1. The lowest BCUT2D eigenvalue weighted by atomic mass is 10.2. The number of ether oxygens (including phenoxy) is 1. The van der Waals surface area contributed by atoms with Crippen LogP contribution in [0.1, 0.15) is 5.56 Å². The van der Waals surface area contributed by atoms with Crippen molar-refractivity contribution in [2.75, 3.05) is 26.3 Å². The van der Waals surface area contributed by atoms with Gasteiger partial charge in [-0.3, -0.25) is 4.90 Å². The fraction of sp³-hybridized carbons (Fsp3) is 0.455. The third kappa shape index (κ3) is 2.97. The van der Waals surface area contributed by atoms with Gasteiger partial charge in [0.1, 0.15) is 11.6 Å². The second kappa shape index (κ2) is 4.68. The van der Waals surface area contributed by atoms with Crippen LogP contribution in [0.4, 0.5) is 8.78 Å². The Bertz CT molecular complexity index is 317. The molecule has 0 aliphatic carbocycles. The second-order valence-electron chi connectivity index (χ2n) is 3.67. The molecule has 0 atom stereocenters. The number of rotatable bonds is 2. The fourth-order valence-electron chi connectivity index (χ4n) is 1.72. The first-order valence-corrected chi connectivity index (χ1v) is 4.99. The predicted octanol–water partition coefficient (Wildman–Crippen LogP) is 1.80. The first-order chi connectivity index (χ1) is 7.24. The summed E-state index contributed by atoms with van der Waals surface area (Å²) >= 11 is 0. The van der Waals surface area contributed by atoms with Gasteiger partial charge < -0.3 is 4.74 Å². The molecule has 0 aromatic heterocycles. The zero-order valence-corrected chi connectivity index (χ0v) is 8.38. The molecule has 1 heterocycles. The predicted molar refractivity (Wildman–Crippen MR) is 52.5 cm³/mol. The molecule has 0 amide bonds. The summed E-state index contributed by atoms with van der Waals surface area (Å²) in [5.41, 5.74) is 0.675. The van der Waals surface area contributed by atoms with E-state index >= 15 is 0 Å². The molecule has 15 heavy (non-hydrogen) atoms. The molecule has 1 aromatic carbocycles. The number of morpholine rings is 1. The number of halogens is 2. The van der Waals surface area contributed by atoms with Crippen LogP contribution in [0.2, 0.25) is 0 Å². The molecule has 0 bridgehead atoms. The van der Waals surface area contributed by atoms with E-state index in [1.54, 1.807) is 0 Å². The Hall–Kier alpha value is -1.00. The molecule has 2 rings (SSSR count). The smallest absolute Gasteiger partial charge is 0.126 e. The van der Waals surface area contributed by atoms with Crippen molar-refractivity contribution < 1.29 is 13.5 Å². The van der Waals surface area contributed by atoms with Gasteiger partial charge in [-0.05, 0) is 17.7 Å². The molecule has 82 valence electrons. The van der Waals surface area contributed by atoms with Crippen LogP contribution < -0.4 is 0 Å². The number of hydrogen-bond acceptors (Lipinski definition) is 2. The van der Waals surface area contributed by atoms with Crippen molar-refractivity contribution in [1.82, 2.24) is 4.90 Å². The molecule has 0 unspecified atom stereocenters. The van der Waals surface area contributed by atoms with Crippen LogP contribution in [0.5, 0.6) is 0 Å². The highest BCUT2D eigenvalue weighted by Crippen LogP contribution is 2.11. The zero-order valence-electron chi connectivity index (χ0n) is 8.38. The molecule has 1 aromatic rings. The molecule has 0 spiro atoms. The van der Waals surface area contributed by atoms with Gasteiger partial charge in [0.25, 0.3) is 0 Å². The van der Waals surface area contributed by atoms with Gasteiger partial charge in [-0.15, -0.1) is 0 Å². The molecule has 1 aliphatic heterocycles. The number of benzene rings is 1. The summed E-state index contributed by atoms with van der Waals surface area (Å²) in [4.78, 5) is 2.12. The van der Waals surface area contributed by atoms with E-state index in [0.717, 1.165) is 19.2 Å². The first-order valence-electron chi connectivity index (χ1n) is 4.99. The third-order valence-corrected chi connectivity index (χ3v) is 2.43. The molecular weight excluding hydrogens is 200 g/mol. The maximum atomic E-state index is 12.9. The van der Waals surface area contributed by atoms with E-state index in [4.69, 9.17) is 4.74 Å². The van der Waals surface area contributed by atoms with Gasteiger partial charge >= 0.3 is 0 Å². The van der Waals surface area contributed by atoms with Crippen LogP contribution in [-0.4, -0.2) is 31.2 Å². The molecule has 4 heteroatoms. The summed E-state index contributed by atoms with van der Waals surface area (Å²) in [6, 6.07) is 3.64. The minimum atomic E-state index is -0.516. The van der Waals surface area contributed by atoms with Gasteiger partial charge in [0.15, 0.2) is 0 Å². The molecule has 2 nitrogen and oxygen atoms in total. The molecule has 0 N–H and O–H groups in total. The topological polar surface area (TPSA) is 12.5 Å². The Morgan fingerprint density at radius 3 is 2.27 bits per heavy atom. The molecule has 1 saturated heterocycles. The van der Waals surface area contributed by atoms with E-state index in [1.165, 1.54) is 12.1 Å². The maximum absolute atomic E-state index is 12.9. The van der Waals surface area contributed by atoms with E-state index in [1.807, 2.05) is 0 Å². The summed E-state index contributed by atoms with van der Waals surface area (Å²) in [6.07, 6.45) is 0. The van der Waals surface area contributed by atoms with Crippen LogP contribution in [-0.2, 0) is 11.3 Å². The maximum Gasteiger partial charge on any atom is 0.126 e. The van der Waals surface area contributed by atoms with E-state index in [2.05, 4.69) is 4.90 Å². The number of hydrogen-bond donors (Lipinski definition) is 0. The lowest BCUT2D eigenvalue weighted by Crippen LogP contribution is -2.35. The van der Waals surface area contributed by atoms with Crippen molar-refractivity contribution in [3.8, 4) is 0 Å². The molecule has 1 fully saturated rings. The fourth-order valence-corrected chi connectivity index (χ4v) is 1.72. The van der Waals surface area contributed by atoms with Gasteiger partial charge in [-0.1, -0.05) is 0 Å². The summed E-state index contributed by atoms with van der Waals surface area (Å²) in [5.74, 6) is -1.03. The Kier molecular flexibility index (Phi) is 3.28. The van der Waals surface area contributed by atoms with Crippen molar-refractivity contribution in [3.63, 3.8) is 0 Å². The minimum absolute atomic E-state index is 0.516. The molecule has 1 aliphatic rings. The Labute approximate surface area is 87.5 Å². The van der Waals surface area contributed by atoms with Crippen LogP contribution >= 0.6 is 0 Å². The Balaban J connectivity index is 2.02. The highest BCUT2D eigenvalue weighted by molar-refractivity contribution is 5.17. The average molecular weight is 213 g/mol. The standard InChI is InChI=1S/C11H13F2NO/c12-10-5-9(6-11(13)7-10)8-14-1-3-15-4-2-14/h5-7H,1-4,8H2. The van der Waals surface area contributed by atoms with Gasteiger partial charge in [0.2, 0.25) is 0 Å². The summed E-state index contributed by atoms with van der Waals surface area (Å²) in [5, 5.41) is 0. The van der Waals surface area contributed by atoms with Crippen LogP contribution in [0.25, 0.3) is 0 Å². The van der Waals surface area contributed by atoms with E-state index in [9.17, 15) is 8.78 Å². The van der Waals surface area contributed by atoms with E-state index in [0.29, 0.717) is 25.3 Å². The van der Waals surface area contributed by atoms with Gasteiger partial charge in [-0.2, -0.15) is 0 Å². The van der Waals surface area contributed by atoms with E-state index in [-0.39, 0.29) is 0 Å². The lowest BCUT2D eigenvalue weighted by Gasteiger charge is -2.26. The highest BCUT2D eigenvalue weighted by Gasteiger charge is 2.11. The summed E-state index contributed by atoms with van der Waals surface area (Å²) < 4.78 is 31.0. The summed E-state index contributed by atoms with van der Waals surface area (Å²) in [7, 11) is 0. The zero-order chi connectivity index (χ0) is 10.7. The normalized spacial score (nSPS) is 18.0. The van der Waals surface area contributed by atoms with Gasteiger partial charge in [-0.25, -0.2) is 8.78 Å². The van der Waals surface area contributed by atoms with Crippen molar-refractivity contribution in [3.05, 3.63) is 35.4 Å². The van der Waals surface area contributed by atoms with Crippen molar-refractivity contribution in [2.45, 2.75) is 6.54 Å². The highest BCUT2D eigenvalue weighted by atomic mass is 19.1. The third-order valence-electron chi connectivity index (χ3n) is 2.43. The van der Waals surface area contributed by atoms with E-state index < -0.39 is 11.6 Å². The molecule has 0 saturated carbocycles. The quantitative estimate of drug-likeness (QED) is 0.742. The van der Waals surface area contributed by atoms with Crippen molar-refractivity contribution >= 4 is 0 Å². The van der Waals surface area contributed by atoms with Crippen molar-refractivity contribution in [1.29, 1.82) is 0 Å². The van der Waals surface area contributed by atoms with Crippen molar-refractivity contribution in [2.24, 2.45) is 0 Å². The Morgan fingerprint density at radius 1 is 1.07 bits per heavy atom. The largest absolute Gasteiger partial charge is 0.379 e. The average Bonchev–Trinajstić information content (AvgIpc) is 2.17. The van der Waals surface area contributed by atoms with Gasteiger partial charge in [0, 0.05) is 25.7 Å². The second-order valence-corrected chi connectivity index (χ2v) is 3.67. The lowest BCUT2D eigenvalue weighted by molar-refractivity contribution is 0.0341. The Morgan fingerprint density at radius 2 is 1.67 bits per heavy atom. The monoisotopic (exact) mass is 213 g/mol.